The maximum atomic E-state index is 11.9. The van der Waals surface area contributed by atoms with Crippen LogP contribution in [0, 0.1) is 5.92 Å². The molecule has 0 radical (unpaired) electrons. The lowest BCUT2D eigenvalue weighted by Gasteiger charge is -2.19. The Morgan fingerprint density at radius 2 is 2.33 bits per heavy atom. The van der Waals surface area contributed by atoms with Crippen molar-refractivity contribution in [3.05, 3.63) is 0 Å². The number of thioether (sulfide) groups is 1. The van der Waals surface area contributed by atoms with E-state index >= 15 is 0 Å². The Morgan fingerprint density at radius 1 is 1.60 bits per heavy atom. The molecule has 0 spiro atoms. The lowest BCUT2D eigenvalue weighted by molar-refractivity contribution is -0.131. The van der Waals surface area contributed by atoms with E-state index in [2.05, 4.69) is 5.32 Å². The van der Waals surface area contributed by atoms with Gasteiger partial charge < -0.3 is 16.0 Å². The number of hydrogen-bond acceptors (Lipinski definition) is 4. The first kappa shape index (κ1) is 10.8. The number of carbonyl (C=O) groups is 2. The van der Waals surface area contributed by atoms with Gasteiger partial charge in [0.15, 0.2) is 0 Å². The molecule has 5 nitrogen and oxygen atoms in total. The van der Waals surface area contributed by atoms with Crippen molar-refractivity contribution in [2.45, 2.75) is 19.0 Å². The number of nitrogens with two attached hydrogens (primary N) is 1. The van der Waals surface area contributed by atoms with E-state index in [-0.39, 0.29) is 23.2 Å². The molecule has 3 N–H and O–H groups in total. The Bertz CT molecular complexity index is 287. The molecular formula is C9H15N3O2S. The second-order valence-corrected chi connectivity index (χ2v) is 5.17. The zero-order valence-corrected chi connectivity index (χ0v) is 9.42. The highest BCUT2D eigenvalue weighted by Crippen LogP contribution is 2.19. The number of amides is 2. The summed E-state index contributed by atoms with van der Waals surface area (Å²) in [6.07, 6.45) is 0. The van der Waals surface area contributed by atoms with Gasteiger partial charge in [0.2, 0.25) is 5.91 Å². The van der Waals surface area contributed by atoms with Crippen molar-refractivity contribution in [1.82, 2.24) is 10.2 Å². The SMILES string of the molecule is CC1CN(C(=O)C2CSC(=O)N2)CC1N. The van der Waals surface area contributed by atoms with E-state index in [1.165, 1.54) is 11.8 Å². The van der Waals surface area contributed by atoms with Crippen molar-refractivity contribution >= 4 is 22.9 Å². The van der Waals surface area contributed by atoms with Crippen LogP contribution in [0.15, 0.2) is 0 Å². The summed E-state index contributed by atoms with van der Waals surface area (Å²) in [5, 5.41) is 2.55. The number of hydrogen-bond donors (Lipinski definition) is 2. The first-order valence-electron chi connectivity index (χ1n) is 5.05. The number of carbonyl (C=O) groups excluding carboxylic acids is 2. The highest BCUT2D eigenvalue weighted by molar-refractivity contribution is 8.14. The zero-order chi connectivity index (χ0) is 11.0. The van der Waals surface area contributed by atoms with E-state index in [0.717, 1.165) is 0 Å². The van der Waals surface area contributed by atoms with E-state index in [4.69, 9.17) is 5.73 Å². The average molecular weight is 229 g/mol. The minimum atomic E-state index is -0.347. The molecule has 2 aliphatic heterocycles. The summed E-state index contributed by atoms with van der Waals surface area (Å²) in [5.74, 6) is 0.893. The molecule has 15 heavy (non-hydrogen) atoms. The molecule has 3 atom stereocenters. The van der Waals surface area contributed by atoms with Crippen LogP contribution in [0.3, 0.4) is 0 Å². The number of nitrogens with zero attached hydrogens (tertiary/aromatic N) is 1. The van der Waals surface area contributed by atoms with Gasteiger partial charge in [-0.05, 0) is 5.92 Å². The molecule has 0 bridgehead atoms. The van der Waals surface area contributed by atoms with Gasteiger partial charge in [0.1, 0.15) is 6.04 Å². The summed E-state index contributed by atoms with van der Waals surface area (Å²) in [4.78, 5) is 24.6. The lowest BCUT2D eigenvalue weighted by atomic mass is 10.1. The lowest BCUT2D eigenvalue weighted by Crippen LogP contribution is -2.45. The molecule has 0 saturated carbocycles. The molecule has 2 fully saturated rings. The fraction of sp³-hybridized carbons (Fsp3) is 0.778. The third kappa shape index (κ3) is 2.10. The van der Waals surface area contributed by atoms with Crippen LogP contribution in [0.2, 0.25) is 0 Å². The normalized spacial score (nSPS) is 35.7. The van der Waals surface area contributed by atoms with Crippen LogP contribution in [0.5, 0.6) is 0 Å². The highest BCUT2D eigenvalue weighted by atomic mass is 32.2. The van der Waals surface area contributed by atoms with Crippen molar-refractivity contribution in [3.63, 3.8) is 0 Å². The fourth-order valence-electron chi connectivity index (χ4n) is 1.91. The first-order chi connectivity index (χ1) is 7.08. The topological polar surface area (TPSA) is 75.4 Å². The molecule has 0 aromatic carbocycles. The van der Waals surface area contributed by atoms with Gasteiger partial charge in [-0.25, -0.2) is 0 Å². The highest BCUT2D eigenvalue weighted by Gasteiger charge is 2.36. The molecule has 0 aromatic heterocycles. The van der Waals surface area contributed by atoms with Crippen LogP contribution in [0.1, 0.15) is 6.92 Å². The van der Waals surface area contributed by atoms with Gasteiger partial charge in [-0.2, -0.15) is 0 Å². The van der Waals surface area contributed by atoms with Gasteiger partial charge in [-0.1, -0.05) is 18.7 Å². The molecule has 6 heteroatoms. The van der Waals surface area contributed by atoms with Crippen LogP contribution >= 0.6 is 11.8 Å². The summed E-state index contributed by atoms with van der Waals surface area (Å²) in [6.45, 7) is 3.36. The minimum absolute atomic E-state index is 0.00755. The zero-order valence-electron chi connectivity index (χ0n) is 8.60. The predicted molar refractivity (Wildman–Crippen MR) is 58.5 cm³/mol. The number of likely N-dealkylation sites (tertiary alicyclic amines) is 1. The van der Waals surface area contributed by atoms with Crippen molar-refractivity contribution in [2.24, 2.45) is 11.7 Å². The Morgan fingerprint density at radius 3 is 2.80 bits per heavy atom. The van der Waals surface area contributed by atoms with Crippen LogP contribution in [-0.2, 0) is 4.79 Å². The van der Waals surface area contributed by atoms with Gasteiger partial charge in [-0.15, -0.1) is 0 Å². The van der Waals surface area contributed by atoms with Crippen molar-refractivity contribution in [3.8, 4) is 0 Å². The van der Waals surface area contributed by atoms with Crippen LogP contribution in [0.4, 0.5) is 4.79 Å². The Balaban J connectivity index is 1.94. The fourth-order valence-corrected chi connectivity index (χ4v) is 2.68. The molecule has 0 aromatic rings. The first-order valence-corrected chi connectivity index (χ1v) is 6.04. The molecule has 2 aliphatic rings. The van der Waals surface area contributed by atoms with Crippen LogP contribution < -0.4 is 11.1 Å². The second-order valence-electron chi connectivity index (χ2n) is 4.18. The molecular weight excluding hydrogens is 214 g/mol. The third-order valence-corrected chi connectivity index (χ3v) is 3.83. The Labute approximate surface area is 92.7 Å². The Hall–Kier alpha value is -0.750. The van der Waals surface area contributed by atoms with Gasteiger partial charge in [0.25, 0.3) is 5.24 Å². The minimum Gasteiger partial charge on any atom is -0.339 e. The van der Waals surface area contributed by atoms with Gasteiger partial charge >= 0.3 is 0 Å². The smallest absolute Gasteiger partial charge is 0.279 e. The maximum absolute atomic E-state index is 11.9. The largest absolute Gasteiger partial charge is 0.339 e. The summed E-state index contributed by atoms with van der Waals surface area (Å²) in [6, 6.07) is -0.279. The summed E-state index contributed by atoms with van der Waals surface area (Å²) in [7, 11) is 0. The van der Waals surface area contributed by atoms with Gasteiger partial charge in [0, 0.05) is 24.9 Å². The van der Waals surface area contributed by atoms with E-state index in [1.807, 2.05) is 6.92 Å². The molecule has 2 amide bonds. The summed E-state index contributed by atoms with van der Waals surface area (Å²) < 4.78 is 0. The summed E-state index contributed by atoms with van der Waals surface area (Å²) >= 11 is 1.17. The van der Waals surface area contributed by atoms with Crippen LogP contribution in [0.25, 0.3) is 0 Å². The van der Waals surface area contributed by atoms with Crippen molar-refractivity contribution < 1.29 is 9.59 Å². The molecule has 84 valence electrons. The maximum Gasteiger partial charge on any atom is 0.279 e. The van der Waals surface area contributed by atoms with Gasteiger partial charge in [0.05, 0.1) is 0 Å². The molecule has 2 saturated heterocycles. The molecule has 2 rings (SSSR count). The number of nitrogens with one attached hydrogen (secondary N) is 1. The standard InChI is InChI=1S/C9H15N3O2S/c1-5-2-12(3-6(5)10)8(13)7-4-15-9(14)11-7/h5-7H,2-4,10H2,1H3,(H,11,14). The van der Waals surface area contributed by atoms with Crippen LogP contribution in [-0.4, -0.2) is 47.0 Å². The van der Waals surface area contributed by atoms with E-state index in [0.29, 0.717) is 24.8 Å². The Kier molecular flexibility index (Phi) is 2.88. The average Bonchev–Trinajstić information content (AvgIpc) is 2.74. The molecule has 3 unspecified atom stereocenters. The third-order valence-electron chi connectivity index (χ3n) is 2.95. The second kappa shape index (κ2) is 4.02. The summed E-state index contributed by atoms with van der Waals surface area (Å²) in [5.41, 5.74) is 5.85. The molecule has 2 heterocycles. The van der Waals surface area contributed by atoms with E-state index < -0.39 is 0 Å². The molecule has 0 aliphatic carbocycles. The van der Waals surface area contributed by atoms with E-state index in [1.54, 1.807) is 4.90 Å². The van der Waals surface area contributed by atoms with Crippen molar-refractivity contribution in [1.29, 1.82) is 0 Å². The quantitative estimate of drug-likeness (QED) is 0.642. The number of rotatable bonds is 1. The van der Waals surface area contributed by atoms with Gasteiger partial charge in [-0.3, -0.25) is 9.59 Å². The van der Waals surface area contributed by atoms with Crippen molar-refractivity contribution in [2.75, 3.05) is 18.8 Å². The monoisotopic (exact) mass is 229 g/mol. The van der Waals surface area contributed by atoms with E-state index in [9.17, 15) is 9.59 Å². The predicted octanol–water partition coefficient (Wildman–Crippen LogP) is -0.383.